The quantitative estimate of drug-likeness (QED) is 0.519. The van der Waals surface area contributed by atoms with Crippen LogP contribution in [0.2, 0.25) is 0 Å². The first kappa shape index (κ1) is 13.0. The van der Waals surface area contributed by atoms with E-state index in [-0.39, 0.29) is 0 Å². The third kappa shape index (κ3) is 6.44. The Bertz CT molecular complexity index is 271. The first-order valence-electron chi connectivity index (χ1n) is 6.56. The van der Waals surface area contributed by atoms with Crippen LogP contribution >= 0.6 is 0 Å². The summed E-state index contributed by atoms with van der Waals surface area (Å²) in [5, 5.41) is 0. The normalized spacial score (nSPS) is 11.1. The Morgan fingerprint density at radius 2 is 1.94 bits per heavy atom. The van der Waals surface area contributed by atoms with Crippen LogP contribution in [0, 0.1) is 6.07 Å². The number of hydrogen-bond acceptors (Lipinski definition) is 0. The largest absolute Gasteiger partial charge is 0.0839 e. The molecule has 1 aromatic rings. The molecule has 87 valence electrons. The molecule has 0 saturated heterocycles. The minimum atomic E-state index is 1.21. The van der Waals surface area contributed by atoms with Crippen molar-refractivity contribution in [1.29, 1.82) is 0 Å². The van der Waals surface area contributed by atoms with E-state index in [1.54, 1.807) is 0 Å². The van der Waals surface area contributed by atoms with Gasteiger partial charge in [-0.05, 0) is 30.5 Å². The fraction of sp³-hybridized carbons (Fsp3) is 0.500. The Hall–Kier alpha value is -1.04. The fourth-order valence-electron chi connectivity index (χ4n) is 1.77. The van der Waals surface area contributed by atoms with Crippen LogP contribution in [0.25, 0.3) is 6.08 Å². The summed E-state index contributed by atoms with van der Waals surface area (Å²) < 4.78 is 0. The molecule has 0 aliphatic heterocycles. The molecule has 0 unspecified atom stereocenters. The maximum absolute atomic E-state index is 3.08. The lowest BCUT2D eigenvalue weighted by Gasteiger charge is -1.97. The number of allylic oxidation sites excluding steroid dienone is 1. The van der Waals surface area contributed by atoms with Gasteiger partial charge in [-0.1, -0.05) is 69.4 Å². The molecule has 0 heterocycles. The Morgan fingerprint density at radius 1 is 1.12 bits per heavy atom. The summed E-state index contributed by atoms with van der Waals surface area (Å²) in [6, 6.07) is 11.2. The SMILES string of the molecule is CCCCCCCC/C=C/c1c[c]ccc1. The Kier molecular flexibility index (Phi) is 7.49. The van der Waals surface area contributed by atoms with Crippen LogP contribution in [-0.2, 0) is 0 Å². The lowest BCUT2D eigenvalue weighted by atomic mass is 10.1. The minimum absolute atomic E-state index is 1.21. The first-order valence-corrected chi connectivity index (χ1v) is 6.56. The fourth-order valence-corrected chi connectivity index (χ4v) is 1.77. The maximum Gasteiger partial charge on any atom is -0.0178 e. The molecule has 0 atom stereocenters. The van der Waals surface area contributed by atoms with Gasteiger partial charge in [0.2, 0.25) is 0 Å². The van der Waals surface area contributed by atoms with Crippen molar-refractivity contribution in [3.63, 3.8) is 0 Å². The second kappa shape index (κ2) is 9.21. The molecule has 0 saturated carbocycles. The Labute approximate surface area is 100 Å². The second-order valence-corrected chi connectivity index (χ2v) is 4.30. The van der Waals surface area contributed by atoms with Crippen molar-refractivity contribution in [2.24, 2.45) is 0 Å². The van der Waals surface area contributed by atoms with Gasteiger partial charge in [0.05, 0.1) is 0 Å². The van der Waals surface area contributed by atoms with Crippen molar-refractivity contribution in [2.45, 2.75) is 51.9 Å². The van der Waals surface area contributed by atoms with E-state index in [4.69, 9.17) is 0 Å². The number of unbranched alkanes of at least 4 members (excludes halogenated alkanes) is 6. The van der Waals surface area contributed by atoms with Gasteiger partial charge in [-0.15, -0.1) is 0 Å². The average Bonchev–Trinajstić information content (AvgIpc) is 2.34. The van der Waals surface area contributed by atoms with Crippen LogP contribution in [0.5, 0.6) is 0 Å². The van der Waals surface area contributed by atoms with Gasteiger partial charge in [0.25, 0.3) is 0 Å². The predicted molar refractivity (Wildman–Crippen MR) is 72.3 cm³/mol. The van der Waals surface area contributed by atoms with E-state index in [0.29, 0.717) is 0 Å². The van der Waals surface area contributed by atoms with Gasteiger partial charge >= 0.3 is 0 Å². The van der Waals surface area contributed by atoms with Gasteiger partial charge in [-0.3, -0.25) is 0 Å². The van der Waals surface area contributed by atoms with Gasteiger partial charge in [-0.25, -0.2) is 0 Å². The van der Waals surface area contributed by atoms with Crippen molar-refractivity contribution in [1.82, 2.24) is 0 Å². The molecule has 1 rings (SSSR count). The summed E-state index contributed by atoms with van der Waals surface area (Å²) in [5.74, 6) is 0. The average molecular weight is 215 g/mol. The van der Waals surface area contributed by atoms with E-state index < -0.39 is 0 Å². The van der Waals surface area contributed by atoms with Crippen LogP contribution in [0.4, 0.5) is 0 Å². The highest BCUT2D eigenvalue weighted by Gasteiger charge is 1.88. The molecule has 0 fully saturated rings. The molecule has 0 nitrogen and oxygen atoms in total. The topological polar surface area (TPSA) is 0 Å². The van der Waals surface area contributed by atoms with E-state index in [1.807, 2.05) is 18.2 Å². The van der Waals surface area contributed by atoms with Gasteiger partial charge in [0, 0.05) is 0 Å². The molecule has 0 aliphatic carbocycles. The lowest BCUT2D eigenvalue weighted by Crippen LogP contribution is -1.77. The van der Waals surface area contributed by atoms with Crippen LogP contribution in [0.15, 0.2) is 30.3 Å². The lowest BCUT2D eigenvalue weighted by molar-refractivity contribution is 0.611. The van der Waals surface area contributed by atoms with E-state index in [9.17, 15) is 0 Å². The molecular weight excluding hydrogens is 192 g/mol. The van der Waals surface area contributed by atoms with Gasteiger partial charge < -0.3 is 0 Å². The van der Waals surface area contributed by atoms with Gasteiger partial charge in [0.1, 0.15) is 0 Å². The predicted octanol–water partition coefficient (Wildman–Crippen LogP) is 5.25. The van der Waals surface area contributed by atoms with Crippen molar-refractivity contribution in [3.05, 3.63) is 42.0 Å². The van der Waals surface area contributed by atoms with Gasteiger partial charge in [-0.2, -0.15) is 0 Å². The molecular formula is C16H23. The van der Waals surface area contributed by atoms with Crippen molar-refractivity contribution in [2.75, 3.05) is 0 Å². The summed E-state index contributed by atoms with van der Waals surface area (Å²) in [6.45, 7) is 2.26. The monoisotopic (exact) mass is 215 g/mol. The van der Waals surface area contributed by atoms with Crippen LogP contribution in [0.3, 0.4) is 0 Å². The van der Waals surface area contributed by atoms with E-state index in [0.717, 1.165) is 0 Å². The van der Waals surface area contributed by atoms with E-state index >= 15 is 0 Å². The highest BCUT2D eigenvalue weighted by molar-refractivity contribution is 5.48. The first-order chi connectivity index (χ1) is 7.93. The van der Waals surface area contributed by atoms with Crippen LogP contribution in [-0.4, -0.2) is 0 Å². The molecule has 0 amide bonds. The molecule has 1 radical (unpaired) electrons. The summed E-state index contributed by atoms with van der Waals surface area (Å²) in [4.78, 5) is 0. The van der Waals surface area contributed by atoms with Crippen LogP contribution < -0.4 is 0 Å². The zero-order chi connectivity index (χ0) is 11.5. The van der Waals surface area contributed by atoms with Crippen molar-refractivity contribution < 1.29 is 0 Å². The summed E-state index contributed by atoms with van der Waals surface area (Å²) in [6.07, 6.45) is 13.9. The van der Waals surface area contributed by atoms with E-state index in [1.165, 1.54) is 50.5 Å². The smallest absolute Gasteiger partial charge is 0.0178 e. The molecule has 0 bridgehead atoms. The molecule has 0 aromatic heterocycles. The highest BCUT2D eigenvalue weighted by Crippen LogP contribution is 2.08. The molecule has 0 aliphatic rings. The Balaban J connectivity index is 2.01. The third-order valence-electron chi connectivity index (χ3n) is 2.77. The molecule has 16 heavy (non-hydrogen) atoms. The minimum Gasteiger partial charge on any atom is -0.0839 e. The number of benzene rings is 1. The summed E-state index contributed by atoms with van der Waals surface area (Å²) in [5.41, 5.74) is 1.26. The maximum atomic E-state index is 3.08. The molecule has 0 spiro atoms. The summed E-state index contributed by atoms with van der Waals surface area (Å²) >= 11 is 0. The number of rotatable bonds is 8. The Morgan fingerprint density at radius 3 is 2.69 bits per heavy atom. The molecule has 0 heteroatoms. The van der Waals surface area contributed by atoms with Crippen molar-refractivity contribution >= 4 is 6.08 Å². The van der Waals surface area contributed by atoms with Crippen LogP contribution in [0.1, 0.15) is 57.4 Å². The molecule has 1 aromatic carbocycles. The zero-order valence-corrected chi connectivity index (χ0v) is 10.4. The zero-order valence-electron chi connectivity index (χ0n) is 10.4. The van der Waals surface area contributed by atoms with Crippen molar-refractivity contribution in [3.8, 4) is 0 Å². The highest BCUT2D eigenvalue weighted by atomic mass is 13.9. The van der Waals surface area contributed by atoms with E-state index in [2.05, 4.69) is 31.2 Å². The third-order valence-corrected chi connectivity index (χ3v) is 2.77. The number of hydrogen-bond donors (Lipinski definition) is 0. The van der Waals surface area contributed by atoms with Gasteiger partial charge in [0.15, 0.2) is 0 Å². The standard InChI is InChI=1S/C16H23/c1-2-3-4-5-6-7-8-10-13-16-14-11-9-12-15-16/h9-11,13-15H,2-8H2,1H3/b13-10+. The molecule has 0 N–H and O–H groups in total. The summed E-state index contributed by atoms with van der Waals surface area (Å²) in [7, 11) is 0. The second-order valence-electron chi connectivity index (χ2n) is 4.30.